The minimum Gasteiger partial charge on any atom is -0.394 e. The van der Waals surface area contributed by atoms with Gasteiger partial charge in [0, 0.05) is 7.05 Å². The maximum absolute atomic E-state index is 10.7. The van der Waals surface area contributed by atoms with Crippen molar-refractivity contribution >= 4 is 6.29 Å². The lowest BCUT2D eigenvalue weighted by Crippen LogP contribution is -2.01. The molecule has 70 valence electrons. The van der Waals surface area contributed by atoms with Crippen LogP contribution < -0.4 is 5.32 Å². The van der Waals surface area contributed by atoms with Gasteiger partial charge in [-0.3, -0.25) is 4.79 Å². The zero-order valence-electron chi connectivity index (χ0n) is 8.13. The highest BCUT2D eigenvalue weighted by Crippen LogP contribution is 2.22. The number of carbonyl (C=O) groups excluding carboxylic acids is 1. The van der Waals surface area contributed by atoms with Gasteiger partial charge < -0.3 is 5.32 Å². The first-order chi connectivity index (χ1) is 6.29. The predicted octanol–water partition coefficient (Wildman–Crippen LogP) is 1.96. The quantitative estimate of drug-likeness (QED) is 0.668. The minimum atomic E-state index is 0.865. The highest BCUT2D eigenvalue weighted by Gasteiger charge is 2.08. The van der Waals surface area contributed by atoms with E-state index in [1.165, 1.54) is 0 Å². The fourth-order valence-corrected chi connectivity index (χ4v) is 1.48. The lowest BCUT2D eigenvalue weighted by atomic mass is 9.94. The summed E-state index contributed by atoms with van der Waals surface area (Å²) in [5.41, 5.74) is 3.09. The average Bonchev–Trinajstić information content (AvgIpc) is 2.18. The summed E-state index contributed by atoms with van der Waals surface area (Å²) in [7, 11) is 1.86. The fourth-order valence-electron chi connectivity index (χ4n) is 1.48. The Hall–Kier alpha value is -1.31. The van der Waals surface area contributed by atoms with Crippen molar-refractivity contribution in [3.63, 3.8) is 0 Å². The Labute approximate surface area is 79.0 Å². The zero-order chi connectivity index (χ0) is 9.68. The number of rotatable bonds is 3. The minimum absolute atomic E-state index is 0.865. The second-order valence-corrected chi connectivity index (χ2v) is 3.11. The molecule has 1 N–H and O–H groups in total. The van der Waals surface area contributed by atoms with E-state index in [4.69, 9.17) is 0 Å². The summed E-state index contributed by atoms with van der Waals surface area (Å²) >= 11 is 0. The second-order valence-electron chi connectivity index (χ2n) is 3.11. The molecule has 0 heterocycles. The summed E-state index contributed by atoms with van der Waals surface area (Å²) in [6.07, 6.45) is 8.85. The Morgan fingerprint density at radius 3 is 3.00 bits per heavy atom. The number of aldehydes is 1. The first-order valence-corrected chi connectivity index (χ1v) is 4.49. The highest BCUT2D eigenvalue weighted by molar-refractivity contribution is 5.78. The van der Waals surface area contributed by atoms with Crippen LogP contribution in [0, 0.1) is 0 Å². The molecule has 2 nitrogen and oxygen atoms in total. The van der Waals surface area contributed by atoms with Crippen LogP contribution in [0.2, 0.25) is 0 Å². The molecule has 0 unspecified atom stereocenters. The van der Waals surface area contributed by atoms with Crippen LogP contribution in [0.15, 0.2) is 35.1 Å². The number of hydrogen-bond donors (Lipinski definition) is 1. The molecule has 0 aromatic heterocycles. The highest BCUT2D eigenvalue weighted by atomic mass is 16.1. The van der Waals surface area contributed by atoms with E-state index in [0.717, 1.165) is 35.8 Å². The van der Waals surface area contributed by atoms with Gasteiger partial charge in [0.15, 0.2) is 0 Å². The summed E-state index contributed by atoms with van der Waals surface area (Å²) in [4.78, 5) is 10.7. The molecule has 1 rings (SSSR count). The molecule has 1 aliphatic rings. The molecule has 0 amide bonds. The van der Waals surface area contributed by atoms with Crippen LogP contribution in [0.3, 0.4) is 0 Å². The van der Waals surface area contributed by atoms with Gasteiger partial charge in [0.2, 0.25) is 0 Å². The summed E-state index contributed by atoms with van der Waals surface area (Å²) in [6.45, 7) is 2.00. The van der Waals surface area contributed by atoms with Gasteiger partial charge in [-0.05, 0) is 42.7 Å². The van der Waals surface area contributed by atoms with E-state index in [1.807, 2.05) is 26.2 Å². The van der Waals surface area contributed by atoms with E-state index < -0.39 is 0 Å². The number of nitrogens with one attached hydrogen (secondary N) is 1. The van der Waals surface area contributed by atoms with Gasteiger partial charge in [-0.1, -0.05) is 12.2 Å². The Balaban J connectivity index is 2.98. The summed E-state index contributed by atoms with van der Waals surface area (Å²) in [6, 6.07) is 0. The largest absolute Gasteiger partial charge is 0.394 e. The molecule has 0 atom stereocenters. The zero-order valence-corrected chi connectivity index (χ0v) is 8.13. The predicted molar refractivity (Wildman–Crippen MR) is 54.3 cm³/mol. The number of hydrogen-bond acceptors (Lipinski definition) is 2. The third kappa shape index (κ3) is 2.31. The van der Waals surface area contributed by atoms with Gasteiger partial charge in [0.25, 0.3) is 0 Å². The molecule has 0 aliphatic heterocycles. The van der Waals surface area contributed by atoms with Crippen LogP contribution in [0.5, 0.6) is 0 Å². The van der Waals surface area contributed by atoms with Crippen molar-refractivity contribution in [1.29, 1.82) is 0 Å². The maximum Gasteiger partial charge on any atom is 0.146 e. The van der Waals surface area contributed by atoms with Gasteiger partial charge in [0.1, 0.15) is 6.29 Å². The van der Waals surface area contributed by atoms with Crippen molar-refractivity contribution in [3.05, 3.63) is 35.1 Å². The molecular formula is C11H15NO. The average molecular weight is 177 g/mol. The molecular weight excluding hydrogens is 162 g/mol. The van der Waals surface area contributed by atoms with Crippen LogP contribution >= 0.6 is 0 Å². The summed E-state index contributed by atoms with van der Waals surface area (Å²) in [5, 5.41) is 2.96. The van der Waals surface area contributed by atoms with Crippen LogP contribution in [-0.4, -0.2) is 13.3 Å². The van der Waals surface area contributed by atoms with Crippen molar-refractivity contribution in [2.75, 3.05) is 7.05 Å². The van der Waals surface area contributed by atoms with Crippen LogP contribution in [0.1, 0.15) is 19.8 Å². The van der Waals surface area contributed by atoms with Crippen LogP contribution in [0.25, 0.3) is 0 Å². The van der Waals surface area contributed by atoms with Crippen LogP contribution in [0.4, 0.5) is 0 Å². The first kappa shape index (κ1) is 9.78. The molecule has 2 heteroatoms. The van der Waals surface area contributed by atoms with E-state index in [1.54, 1.807) is 0 Å². The van der Waals surface area contributed by atoms with E-state index in [0.29, 0.717) is 0 Å². The molecule has 13 heavy (non-hydrogen) atoms. The molecule has 1 aliphatic carbocycles. The SMILES string of the molecule is CN/C=C(/C)C1=C(C=O)CCC=C1. The monoisotopic (exact) mass is 177 g/mol. The van der Waals surface area contributed by atoms with Gasteiger partial charge in [0.05, 0.1) is 0 Å². The molecule has 0 saturated carbocycles. The fraction of sp³-hybridized carbons (Fsp3) is 0.364. The van der Waals surface area contributed by atoms with Gasteiger partial charge >= 0.3 is 0 Å². The lowest BCUT2D eigenvalue weighted by molar-refractivity contribution is -0.105. The van der Waals surface area contributed by atoms with Crippen molar-refractivity contribution in [1.82, 2.24) is 5.32 Å². The van der Waals surface area contributed by atoms with E-state index in [2.05, 4.69) is 11.4 Å². The standard InChI is InChI=1S/C11H15NO/c1-9(7-12-2)11-6-4-3-5-10(11)8-13/h4,6-8,12H,3,5H2,1-2H3/b9-7-. The molecule has 0 aromatic carbocycles. The smallest absolute Gasteiger partial charge is 0.146 e. The molecule has 0 saturated heterocycles. The number of carbonyl (C=O) groups is 1. The lowest BCUT2D eigenvalue weighted by Gasteiger charge is -2.11. The van der Waals surface area contributed by atoms with Gasteiger partial charge in [-0.25, -0.2) is 0 Å². The Kier molecular flexibility index (Phi) is 3.50. The van der Waals surface area contributed by atoms with Crippen molar-refractivity contribution < 1.29 is 4.79 Å². The first-order valence-electron chi connectivity index (χ1n) is 4.49. The van der Waals surface area contributed by atoms with Crippen molar-refractivity contribution in [2.24, 2.45) is 0 Å². The Bertz CT molecular complexity index is 284. The topological polar surface area (TPSA) is 29.1 Å². The molecule has 0 aromatic rings. The molecule has 0 fully saturated rings. The van der Waals surface area contributed by atoms with Crippen molar-refractivity contribution in [3.8, 4) is 0 Å². The van der Waals surface area contributed by atoms with E-state index in [-0.39, 0.29) is 0 Å². The molecule has 0 spiro atoms. The third-order valence-electron chi connectivity index (χ3n) is 2.14. The maximum atomic E-state index is 10.7. The number of allylic oxidation sites excluding steroid dienone is 5. The van der Waals surface area contributed by atoms with E-state index in [9.17, 15) is 4.79 Å². The molecule has 0 radical (unpaired) electrons. The summed E-state index contributed by atoms with van der Waals surface area (Å²) < 4.78 is 0. The summed E-state index contributed by atoms with van der Waals surface area (Å²) in [5.74, 6) is 0. The molecule has 0 bridgehead atoms. The van der Waals surface area contributed by atoms with Crippen LogP contribution in [-0.2, 0) is 4.79 Å². The third-order valence-corrected chi connectivity index (χ3v) is 2.14. The van der Waals surface area contributed by atoms with Gasteiger partial charge in [-0.2, -0.15) is 0 Å². The Morgan fingerprint density at radius 2 is 2.38 bits per heavy atom. The van der Waals surface area contributed by atoms with Crippen molar-refractivity contribution in [2.45, 2.75) is 19.8 Å². The Morgan fingerprint density at radius 1 is 1.62 bits per heavy atom. The van der Waals surface area contributed by atoms with Gasteiger partial charge in [-0.15, -0.1) is 0 Å². The van der Waals surface area contributed by atoms with E-state index >= 15 is 0 Å². The second kappa shape index (κ2) is 4.65. The normalized spacial score (nSPS) is 17.5.